The summed E-state index contributed by atoms with van der Waals surface area (Å²) < 4.78 is 18.7. The molecule has 0 fully saturated rings. The van der Waals surface area contributed by atoms with Crippen molar-refractivity contribution in [3.05, 3.63) is 29.6 Å². The Labute approximate surface area is 118 Å². The third kappa shape index (κ3) is 4.39. The van der Waals surface area contributed by atoms with E-state index in [9.17, 15) is 9.18 Å². The number of methoxy groups -OCH3 is 1. The van der Waals surface area contributed by atoms with Gasteiger partial charge in [-0.3, -0.25) is 4.79 Å². The lowest BCUT2D eigenvalue weighted by Gasteiger charge is -2.19. The molecule has 0 bridgehead atoms. The van der Waals surface area contributed by atoms with Gasteiger partial charge in [-0.05, 0) is 24.5 Å². The van der Waals surface area contributed by atoms with Crippen LogP contribution in [-0.2, 0) is 0 Å². The first-order valence-corrected chi connectivity index (χ1v) is 6.72. The molecule has 0 aliphatic rings. The van der Waals surface area contributed by atoms with Gasteiger partial charge in [-0.15, -0.1) is 11.6 Å². The molecule has 106 valence electrons. The first-order chi connectivity index (χ1) is 8.99. The van der Waals surface area contributed by atoms with Crippen molar-refractivity contribution < 1.29 is 13.9 Å². The fourth-order valence-electron chi connectivity index (χ4n) is 1.88. The van der Waals surface area contributed by atoms with E-state index in [0.29, 0.717) is 11.8 Å². The molecule has 1 aromatic carbocycles. The summed E-state index contributed by atoms with van der Waals surface area (Å²) in [4.78, 5) is 12.1. The number of hydrogen-bond acceptors (Lipinski definition) is 2. The molecule has 3 nitrogen and oxygen atoms in total. The van der Waals surface area contributed by atoms with Crippen LogP contribution in [-0.4, -0.2) is 24.9 Å². The summed E-state index contributed by atoms with van der Waals surface area (Å²) in [5, 5.41) is 2.74. The molecule has 0 saturated heterocycles. The molecule has 0 aliphatic carbocycles. The lowest BCUT2D eigenvalue weighted by Crippen LogP contribution is -2.37. The minimum absolute atomic E-state index is 0.0797. The maximum atomic E-state index is 13.7. The molecule has 0 aliphatic heterocycles. The van der Waals surface area contributed by atoms with E-state index in [1.54, 1.807) is 6.07 Å². The largest absolute Gasteiger partial charge is 0.496 e. The number of rotatable bonds is 6. The van der Waals surface area contributed by atoms with E-state index in [1.807, 2.05) is 13.8 Å². The molecule has 0 aromatic heterocycles. The lowest BCUT2D eigenvalue weighted by atomic mass is 10.0. The predicted octanol–water partition coefficient (Wildman–Crippen LogP) is 3.22. The maximum Gasteiger partial charge on any atom is 0.258 e. The van der Waals surface area contributed by atoms with E-state index in [-0.39, 0.29) is 17.4 Å². The minimum atomic E-state index is -0.602. The summed E-state index contributed by atoms with van der Waals surface area (Å²) in [6.07, 6.45) is 0.742. The lowest BCUT2D eigenvalue weighted by molar-refractivity contribution is 0.0929. The van der Waals surface area contributed by atoms with E-state index >= 15 is 0 Å². The molecular weight excluding hydrogens is 269 g/mol. The highest BCUT2D eigenvalue weighted by atomic mass is 35.5. The number of hydrogen-bond donors (Lipinski definition) is 1. The zero-order chi connectivity index (χ0) is 14.4. The van der Waals surface area contributed by atoms with Gasteiger partial charge < -0.3 is 10.1 Å². The number of benzene rings is 1. The topological polar surface area (TPSA) is 38.3 Å². The summed E-state index contributed by atoms with van der Waals surface area (Å²) in [5.74, 6) is -0.196. The molecule has 5 heteroatoms. The average Bonchev–Trinajstić information content (AvgIpc) is 2.36. The molecule has 0 saturated carbocycles. The van der Waals surface area contributed by atoms with Crippen molar-refractivity contribution in [2.45, 2.75) is 26.3 Å². The van der Waals surface area contributed by atoms with Crippen molar-refractivity contribution >= 4 is 17.5 Å². The van der Waals surface area contributed by atoms with Gasteiger partial charge in [0, 0.05) is 11.9 Å². The van der Waals surface area contributed by atoms with Gasteiger partial charge in [0.15, 0.2) is 0 Å². The van der Waals surface area contributed by atoms with Gasteiger partial charge in [0.05, 0.1) is 7.11 Å². The molecule has 1 rings (SSSR count). The van der Waals surface area contributed by atoms with Gasteiger partial charge >= 0.3 is 0 Å². The van der Waals surface area contributed by atoms with Gasteiger partial charge in [-0.25, -0.2) is 4.39 Å². The number of nitrogens with one attached hydrogen (secondary N) is 1. The van der Waals surface area contributed by atoms with E-state index in [4.69, 9.17) is 16.3 Å². The van der Waals surface area contributed by atoms with Crippen molar-refractivity contribution in [2.75, 3.05) is 13.0 Å². The van der Waals surface area contributed by atoms with Crippen molar-refractivity contribution in [1.82, 2.24) is 5.32 Å². The SMILES string of the molecule is COc1cccc(F)c1C(=O)NC(CCl)CC(C)C. The summed E-state index contributed by atoms with van der Waals surface area (Å²) in [6.45, 7) is 4.07. The normalized spacial score (nSPS) is 12.3. The predicted molar refractivity (Wildman–Crippen MR) is 74.4 cm³/mol. The van der Waals surface area contributed by atoms with Gasteiger partial charge in [0.25, 0.3) is 5.91 Å². The zero-order valence-corrected chi connectivity index (χ0v) is 12.1. The number of carbonyl (C=O) groups is 1. The van der Waals surface area contributed by atoms with E-state index < -0.39 is 11.7 Å². The van der Waals surface area contributed by atoms with Crippen molar-refractivity contribution in [2.24, 2.45) is 5.92 Å². The first kappa shape index (κ1) is 15.8. The quantitative estimate of drug-likeness (QED) is 0.816. The second kappa shape index (κ2) is 7.34. The fourth-order valence-corrected chi connectivity index (χ4v) is 2.09. The van der Waals surface area contributed by atoms with Gasteiger partial charge in [-0.2, -0.15) is 0 Å². The monoisotopic (exact) mass is 287 g/mol. The summed E-state index contributed by atoms with van der Waals surface area (Å²) in [7, 11) is 1.40. The number of carbonyl (C=O) groups excluding carboxylic acids is 1. The van der Waals surface area contributed by atoms with Crippen LogP contribution >= 0.6 is 11.6 Å². The van der Waals surface area contributed by atoms with E-state index in [2.05, 4.69) is 5.32 Å². The third-order valence-corrected chi connectivity index (χ3v) is 3.07. The average molecular weight is 288 g/mol. The molecule has 1 N–H and O–H groups in total. The highest BCUT2D eigenvalue weighted by Gasteiger charge is 2.20. The summed E-state index contributed by atoms with van der Waals surface area (Å²) >= 11 is 5.82. The van der Waals surface area contributed by atoms with Crippen LogP contribution in [0.1, 0.15) is 30.6 Å². The van der Waals surface area contributed by atoms with Crippen LogP contribution in [0, 0.1) is 11.7 Å². The van der Waals surface area contributed by atoms with Crippen LogP contribution in [0.15, 0.2) is 18.2 Å². The van der Waals surface area contributed by atoms with Crippen LogP contribution in [0.2, 0.25) is 0 Å². The highest BCUT2D eigenvalue weighted by molar-refractivity contribution is 6.18. The second-order valence-corrected chi connectivity index (χ2v) is 5.08. The molecule has 0 heterocycles. The number of halogens is 2. The Kier molecular flexibility index (Phi) is 6.09. The molecule has 0 spiro atoms. The first-order valence-electron chi connectivity index (χ1n) is 6.18. The fraction of sp³-hybridized carbons (Fsp3) is 0.500. The third-order valence-electron chi connectivity index (χ3n) is 2.70. The molecule has 1 unspecified atom stereocenters. The Hall–Kier alpha value is -1.29. The van der Waals surface area contributed by atoms with Crippen LogP contribution in [0.3, 0.4) is 0 Å². The molecular formula is C14H19ClFNO2. The van der Waals surface area contributed by atoms with Gasteiger partial charge in [0.1, 0.15) is 17.1 Å². The molecule has 1 aromatic rings. The Bertz CT molecular complexity index is 437. The summed E-state index contributed by atoms with van der Waals surface area (Å²) in [6, 6.07) is 4.10. The van der Waals surface area contributed by atoms with Crippen LogP contribution in [0.25, 0.3) is 0 Å². The van der Waals surface area contributed by atoms with E-state index in [0.717, 1.165) is 6.42 Å². The maximum absolute atomic E-state index is 13.7. The minimum Gasteiger partial charge on any atom is -0.496 e. The smallest absolute Gasteiger partial charge is 0.258 e. The Morgan fingerprint density at radius 1 is 1.47 bits per heavy atom. The molecule has 1 amide bonds. The molecule has 1 atom stereocenters. The van der Waals surface area contributed by atoms with Crippen LogP contribution in [0.4, 0.5) is 4.39 Å². The van der Waals surface area contributed by atoms with Crippen molar-refractivity contribution in [3.8, 4) is 5.75 Å². The highest BCUT2D eigenvalue weighted by Crippen LogP contribution is 2.21. The van der Waals surface area contributed by atoms with Crippen molar-refractivity contribution in [1.29, 1.82) is 0 Å². The summed E-state index contributed by atoms with van der Waals surface area (Å²) in [5.41, 5.74) is -0.0797. The zero-order valence-electron chi connectivity index (χ0n) is 11.4. The number of alkyl halides is 1. The van der Waals surface area contributed by atoms with Crippen molar-refractivity contribution in [3.63, 3.8) is 0 Å². The second-order valence-electron chi connectivity index (χ2n) is 4.77. The van der Waals surface area contributed by atoms with Crippen LogP contribution < -0.4 is 10.1 Å². The van der Waals surface area contributed by atoms with Crippen LogP contribution in [0.5, 0.6) is 5.75 Å². The molecule has 19 heavy (non-hydrogen) atoms. The Morgan fingerprint density at radius 3 is 2.68 bits per heavy atom. The standard InChI is InChI=1S/C14H19ClFNO2/c1-9(2)7-10(8-15)17-14(18)13-11(16)5-4-6-12(13)19-3/h4-6,9-10H,7-8H2,1-3H3,(H,17,18). The van der Waals surface area contributed by atoms with Gasteiger partial charge in [-0.1, -0.05) is 19.9 Å². The number of ether oxygens (including phenoxy) is 1. The Morgan fingerprint density at radius 2 is 2.16 bits per heavy atom. The van der Waals surface area contributed by atoms with Gasteiger partial charge in [0.2, 0.25) is 0 Å². The Balaban J connectivity index is 2.88. The van der Waals surface area contributed by atoms with E-state index in [1.165, 1.54) is 19.2 Å². The number of amides is 1. The molecule has 0 radical (unpaired) electrons.